The molecule has 0 bridgehead atoms. The number of carbonyl (C=O) groups excluding carboxylic acids is 1. The van der Waals surface area contributed by atoms with E-state index in [1.165, 1.54) is 4.74 Å². The number of rotatable bonds is 9. The highest BCUT2D eigenvalue weighted by Crippen LogP contribution is 2.49. The average molecular weight is 566 g/mol. The summed E-state index contributed by atoms with van der Waals surface area (Å²) in [5, 5.41) is 13.2. The molecule has 6 rings (SSSR count). The second-order valence-corrected chi connectivity index (χ2v) is 11.7. The average Bonchev–Trinajstić information content (AvgIpc) is 3.54. The fourth-order valence-corrected chi connectivity index (χ4v) is 7.15. The molecule has 1 aromatic heterocycles. The summed E-state index contributed by atoms with van der Waals surface area (Å²) in [5.74, 6) is -0.122. The first-order valence-corrected chi connectivity index (χ1v) is 14.3. The number of nitrogens with two attached hydrogens (primary N) is 2. The fraction of sp³-hybridized carbons (Fsp3) is 0.375. The van der Waals surface area contributed by atoms with Crippen LogP contribution in [0.25, 0.3) is 5.70 Å². The second kappa shape index (κ2) is 10.3. The molecule has 1 saturated heterocycles. The summed E-state index contributed by atoms with van der Waals surface area (Å²) in [6, 6.07) is 14.2. The van der Waals surface area contributed by atoms with Crippen LogP contribution in [-0.4, -0.2) is 45.7 Å². The van der Waals surface area contributed by atoms with E-state index in [0.717, 1.165) is 46.4 Å². The topological polar surface area (TPSA) is 156 Å². The summed E-state index contributed by atoms with van der Waals surface area (Å²) in [5.41, 5.74) is 17.4. The molecule has 3 aromatic rings. The Morgan fingerprint density at radius 2 is 1.81 bits per heavy atom. The summed E-state index contributed by atoms with van der Waals surface area (Å²) < 4.78 is 6.85. The minimum atomic E-state index is -0.897. The van der Waals surface area contributed by atoms with Gasteiger partial charge < -0.3 is 26.2 Å². The number of primary amides is 1. The predicted molar refractivity (Wildman–Crippen MR) is 158 cm³/mol. The number of amides is 1. The summed E-state index contributed by atoms with van der Waals surface area (Å²) in [7, 11) is 1.68. The number of nitriles is 1. The van der Waals surface area contributed by atoms with Crippen molar-refractivity contribution < 1.29 is 9.32 Å². The van der Waals surface area contributed by atoms with Crippen molar-refractivity contribution in [3.05, 3.63) is 105 Å². The largest absolute Gasteiger partial charge is 0.459 e. The second-order valence-electron chi connectivity index (χ2n) is 11.7. The van der Waals surface area contributed by atoms with E-state index in [9.17, 15) is 14.9 Å². The van der Waals surface area contributed by atoms with E-state index in [2.05, 4.69) is 34.4 Å². The molecule has 10 nitrogen and oxygen atoms in total. The zero-order valence-electron chi connectivity index (χ0n) is 23.7. The maximum atomic E-state index is 12.5. The maximum absolute atomic E-state index is 12.5. The molecule has 42 heavy (non-hydrogen) atoms. The number of piperidine rings is 1. The van der Waals surface area contributed by atoms with Gasteiger partial charge in [0.15, 0.2) is 5.82 Å². The van der Waals surface area contributed by atoms with Gasteiger partial charge in [-0.15, -0.1) is 0 Å². The lowest BCUT2D eigenvalue weighted by molar-refractivity contribution is 0.1000. The third-order valence-electron chi connectivity index (χ3n) is 9.17. The Morgan fingerprint density at radius 3 is 2.40 bits per heavy atom. The Labute approximate surface area is 244 Å². The molecule has 2 heterocycles. The minimum Gasteiger partial charge on any atom is -0.399 e. The SMILES string of the molecule is C=C(N)c1ccc2c(c1)CCc1cc(C(N)=O)ccc1C2(CCNCC(=C)N1C(C#N)C[C@@H]2CC21)c1nc(=O)on1C. The lowest BCUT2D eigenvalue weighted by atomic mass is 9.69. The quantitative estimate of drug-likeness (QED) is 0.334. The number of benzene rings is 2. The number of hydrogen-bond acceptors (Lipinski definition) is 8. The van der Waals surface area contributed by atoms with Gasteiger partial charge in [0, 0.05) is 36.6 Å². The Hall–Kier alpha value is -4.62. The van der Waals surface area contributed by atoms with Crippen LogP contribution in [0.4, 0.5) is 0 Å². The van der Waals surface area contributed by atoms with Crippen LogP contribution in [0, 0.1) is 17.2 Å². The van der Waals surface area contributed by atoms with Crippen molar-refractivity contribution >= 4 is 11.6 Å². The van der Waals surface area contributed by atoms with Crippen molar-refractivity contribution in [1.29, 1.82) is 5.26 Å². The standard InChI is InChI=1S/C32H35N7O3/c1-18(39-25(16-33)14-24-15-28(24)39)17-36-11-10-32(30-37-31(41)42-38(30)3)26-8-6-20(19(2)34)12-21(26)4-5-22-13-23(29(35)40)7-9-27(22)32/h6-9,12-13,24-25,28,36H,1-2,4-5,10-11,14-15,17,34H2,3H3,(H2,35,40)/t24-,25?,28?,32?/m1/s1. The van der Waals surface area contributed by atoms with E-state index < -0.39 is 17.1 Å². The van der Waals surface area contributed by atoms with Crippen LogP contribution >= 0.6 is 0 Å². The first kappa shape index (κ1) is 27.5. The third-order valence-corrected chi connectivity index (χ3v) is 9.17. The highest BCUT2D eigenvalue weighted by atomic mass is 16.5. The van der Waals surface area contributed by atoms with E-state index in [-0.39, 0.29) is 6.04 Å². The monoisotopic (exact) mass is 565 g/mol. The first-order valence-electron chi connectivity index (χ1n) is 14.3. The number of aryl methyl sites for hydroxylation is 3. The third kappa shape index (κ3) is 4.50. The summed E-state index contributed by atoms with van der Waals surface area (Å²) >= 11 is 0. The number of nitrogens with zero attached hydrogens (tertiary/aromatic N) is 4. The Balaban J connectivity index is 1.42. The van der Waals surface area contributed by atoms with Gasteiger partial charge in [-0.1, -0.05) is 31.4 Å². The molecule has 3 aliphatic rings. The smallest absolute Gasteiger partial charge is 0.399 e. The summed E-state index contributed by atoms with van der Waals surface area (Å²) in [6.07, 6.45) is 3.87. The molecule has 2 aromatic carbocycles. The molecule has 10 heteroatoms. The molecule has 0 radical (unpaired) electrons. The Morgan fingerprint density at radius 1 is 1.14 bits per heavy atom. The van der Waals surface area contributed by atoms with Crippen molar-refractivity contribution in [3.8, 4) is 6.07 Å². The van der Waals surface area contributed by atoms with E-state index in [0.29, 0.717) is 61.4 Å². The van der Waals surface area contributed by atoms with E-state index in [4.69, 9.17) is 16.0 Å². The lowest BCUT2D eigenvalue weighted by Crippen LogP contribution is -2.39. The van der Waals surface area contributed by atoms with Crippen LogP contribution in [0.3, 0.4) is 0 Å². The number of carbonyl (C=O) groups is 1. The van der Waals surface area contributed by atoms with Gasteiger partial charge in [-0.3, -0.25) is 4.79 Å². The van der Waals surface area contributed by atoms with Crippen LogP contribution in [0.15, 0.2) is 64.6 Å². The van der Waals surface area contributed by atoms with Crippen LogP contribution in [0.1, 0.15) is 63.3 Å². The van der Waals surface area contributed by atoms with Gasteiger partial charge in [0.1, 0.15) is 6.04 Å². The molecular weight excluding hydrogens is 530 g/mol. The van der Waals surface area contributed by atoms with Crippen molar-refractivity contribution in [2.75, 3.05) is 13.1 Å². The molecule has 5 N–H and O–H groups in total. The van der Waals surface area contributed by atoms with Crippen LogP contribution < -0.4 is 22.5 Å². The Bertz CT molecular complexity index is 1650. The maximum Gasteiger partial charge on any atom is 0.459 e. The van der Waals surface area contributed by atoms with Crippen LogP contribution in [-0.2, 0) is 25.3 Å². The number of aromatic nitrogens is 2. The van der Waals surface area contributed by atoms with Gasteiger partial charge in [0.05, 0.1) is 11.5 Å². The Kier molecular flexibility index (Phi) is 6.78. The van der Waals surface area contributed by atoms with Gasteiger partial charge in [-0.05, 0) is 90.6 Å². The zero-order valence-corrected chi connectivity index (χ0v) is 23.7. The number of fused-ring (bicyclic) bond motifs is 3. The van der Waals surface area contributed by atoms with E-state index in [1.54, 1.807) is 13.1 Å². The van der Waals surface area contributed by atoms with Gasteiger partial charge >= 0.3 is 5.76 Å². The molecule has 2 fully saturated rings. The fourth-order valence-electron chi connectivity index (χ4n) is 7.15. The normalized spacial score (nSPS) is 23.7. The molecule has 0 spiro atoms. The predicted octanol–water partition coefficient (Wildman–Crippen LogP) is 2.31. The molecule has 216 valence electrons. The van der Waals surface area contributed by atoms with Crippen molar-refractivity contribution in [2.45, 2.75) is 49.6 Å². The van der Waals surface area contributed by atoms with Crippen molar-refractivity contribution in [2.24, 2.45) is 24.4 Å². The molecule has 1 saturated carbocycles. The first-order chi connectivity index (χ1) is 20.1. The van der Waals surface area contributed by atoms with Gasteiger partial charge in [-0.25, -0.2) is 4.79 Å². The molecule has 1 amide bonds. The summed E-state index contributed by atoms with van der Waals surface area (Å²) in [6.45, 7) is 9.30. The number of likely N-dealkylation sites (tertiary alicyclic amines) is 1. The molecule has 1 aliphatic heterocycles. The number of nitrogens with one attached hydrogen (secondary N) is 1. The molecular formula is C32H35N7O3. The lowest BCUT2D eigenvalue weighted by Gasteiger charge is -2.36. The van der Waals surface area contributed by atoms with Gasteiger partial charge in [0.2, 0.25) is 5.91 Å². The zero-order chi connectivity index (χ0) is 29.8. The number of hydrogen-bond donors (Lipinski definition) is 3. The highest BCUT2D eigenvalue weighted by Gasteiger charge is 2.52. The van der Waals surface area contributed by atoms with E-state index >= 15 is 0 Å². The highest BCUT2D eigenvalue weighted by molar-refractivity contribution is 5.93. The van der Waals surface area contributed by atoms with Crippen LogP contribution in [0.5, 0.6) is 0 Å². The van der Waals surface area contributed by atoms with Crippen molar-refractivity contribution in [1.82, 2.24) is 19.9 Å². The van der Waals surface area contributed by atoms with Crippen molar-refractivity contribution in [3.63, 3.8) is 0 Å². The van der Waals surface area contributed by atoms with Gasteiger partial charge in [0.25, 0.3) is 0 Å². The summed E-state index contributed by atoms with van der Waals surface area (Å²) in [4.78, 5) is 31.2. The minimum absolute atomic E-state index is 0.120. The molecule has 4 atom stereocenters. The van der Waals surface area contributed by atoms with Crippen LogP contribution in [0.2, 0.25) is 0 Å². The van der Waals surface area contributed by atoms with Gasteiger partial charge in [-0.2, -0.15) is 15.0 Å². The molecule has 2 aliphatic carbocycles. The molecule has 3 unspecified atom stereocenters. The van der Waals surface area contributed by atoms with E-state index in [1.807, 2.05) is 30.3 Å².